The lowest BCUT2D eigenvalue weighted by atomic mass is 9.63. The molecule has 6 nitrogen and oxygen atoms in total. The molecule has 0 bridgehead atoms. The van der Waals surface area contributed by atoms with Gasteiger partial charge in [0.25, 0.3) is 0 Å². The van der Waals surface area contributed by atoms with Gasteiger partial charge in [-0.15, -0.1) is 0 Å². The van der Waals surface area contributed by atoms with Crippen LogP contribution in [0, 0.1) is 5.41 Å². The normalized spacial score (nSPS) is 23.1. The molecule has 1 spiro atoms. The third-order valence-electron chi connectivity index (χ3n) is 7.45. The Bertz CT molecular complexity index is 1450. The van der Waals surface area contributed by atoms with Crippen LogP contribution in [-0.2, 0) is 9.53 Å². The number of hydrogen-bond acceptors (Lipinski definition) is 6. The van der Waals surface area contributed by atoms with Gasteiger partial charge in [-0.05, 0) is 49.6 Å². The zero-order chi connectivity index (χ0) is 26.1. The van der Waals surface area contributed by atoms with Gasteiger partial charge in [-0.1, -0.05) is 76.6 Å². The standard InChI is InChI=1S/C30H25BrN2O4/c1-29(2,3)37-28(36)24-23(17-12-14-19(31)15-13-17)30(26(34)21-10-6-7-11-22(21)27(30)35)25-20-9-5-4-8-18(20)16-32-33(24)25/h4-16,23-25H,1-3H3/t23-,24-,25-/m0/s1. The molecule has 0 radical (unpaired) electrons. The lowest BCUT2D eigenvalue weighted by molar-refractivity contribution is -0.161. The lowest BCUT2D eigenvalue weighted by Gasteiger charge is -2.36. The van der Waals surface area contributed by atoms with Crippen LogP contribution in [0.5, 0.6) is 0 Å². The quantitative estimate of drug-likeness (QED) is 0.298. The number of ether oxygens (including phenoxy) is 1. The first kappa shape index (κ1) is 23.8. The Kier molecular flexibility index (Phi) is 5.28. The Balaban J connectivity index is 1.67. The van der Waals surface area contributed by atoms with Crippen molar-refractivity contribution in [1.29, 1.82) is 0 Å². The number of ketones is 2. The summed E-state index contributed by atoms with van der Waals surface area (Å²) in [5, 5.41) is 6.35. The first-order valence-corrected chi connectivity index (χ1v) is 13.0. The van der Waals surface area contributed by atoms with E-state index in [0.717, 1.165) is 15.6 Å². The fourth-order valence-electron chi connectivity index (χ4n) is 6.15. The summed E-state index contributed by atoms with van der Waals surface area (Å²) in [6.07, 6.45) is 1.69. The molecular formula is C30H25BrN2O4. The molecule has 1 saturated heterocycles. The van der Waals surface area contributed by atoms with Crippen molar-refractivity contribution in [3.63, 3.8) is 0 Å². The highest BCUT2D eigenvalue weighted by Gasteiger charge is 2.73. The van der Waals surface area contributed by atoms with Crippen LogP contribution in [0.3, 0.4) is 0 Å². The number of esters is 1. The van der Waals surface area contributed by atoms with Crippen LogP contribution in [0.4, 0.5) is 0 Å². The number of halogens is 1. The topological polar surface area (TPSA) is 76.0 Å². The average molecular weight is 557 g/mol. The van der Waals surface area contributed by atoms with Gasteiger partial charge in [0, 0.05) is 21.5 Å². The van der Waals surface area contributed by atoms with Crippen molar-refractivity contribution in [2.45, 2.75) is 44.4 Å². The van der Waals surface area contributed by atoms with E-state index in [1.165, 1.54) is 0 Å². The Hall–Kier alpha value is -3.58. The van der Waals surface area contributed by atoms with E-state index in [1.807, 2.05) is 48.5 Å². The summed E-state index contributed by atoms with van der Waals surface area (Å²) in [6, 6.07) is 20.2. The number of carbonyl (C=O) groups excluding carboxylic acids is 3. The smallest absolute Gasteiger partial charge is 0.331 e. The minimum Gasteiger partial charge on any atom is -0.458 e. The number of rotatable bonds is 2. The van der Waals surface area contributed by atoms with Gasteiger partial charge in [0.1, 0.15) is 11.0 Å². The molecule has 0 unspecified atom stereocenters. The molecule has 1 fully saturated rings. The van der Waals surface area contributed by atoms with Crippen molar-refractivity contribution >= 4 is 39.7 Å². The molecule has 0 saturated carbocycles. The highest BCUT2D eigenvalue weighted by molar-refractivity contribution is 9.10. The largest absolute Gasteiger partial charge is 0.458 e. The van der Waals surface area contributed by atoms with Crippen molar-refractivity contribution in [1.82, 2.24) is 5.01 Å². The first-order chi connectivity index (χ1) is 17.6. The van der Waals surface area contributed by atoms with Gasteiger partial charge in [0.05, 0.1) is 12.3 Å². The third-order valence-corrected chi connectivity index (χ3v) is 7.98. The maximum Gasteiger partial charge on any atom is 0.331 e. The van der Waals surface area contributed by atoms with Gasteiger partial charge < -0.3 is 4.74 Å². The van der Waals surface area contributed by atoms with Crippen LogP contribution in [-0.4, -0.2) is 40.4 Å². The van der Waals surface area contributed by atoms with Gasteiger partial charge >= 0.3 is 5.97 Å². The van der Waals surface area contributed by atoms with Crippen LogP contribution in [0.2, 0.25) is 0 Å². The second kappa shape index (κ2) is 8.21. The van der Waals surface area contributed by atoms with E-state index in [1.54, 1.807) is 56.3 Å². The van der Waals surface area contributed by atoms with E-state index in [0.29, 0.717) is 16.7 Å². The first-order valence-electron chi connectivity index (χ1n) is 12.2. The summed E-state index contributed by atoms with van der Waals surface area (Å²) >= 11 is 3.48. The second-order valence-electron chi connectivity index (χ2n) is 10.7. The van der Waals surface area contributed by atoms with Crippen LogP contribution in [0.15, 0.2) is 82.4 Å². The van der Waals surface area contributed by atoms with Crippen molar-refractivity contribution in [3.05, 3.63) is 105 Å². The summed E-state index contributed by atoms with van der Waals surface area (Å²) in [5.74, 6) is -1.91. The molecule has 0 N–H and O–H groups in total. The summed E-state index contributed by atoms with van der Waals surface area (Å²) in [4.78, 5) is 43.0. The lowest BCUT2D eigenvalue weighted by Crippen LogP contribution is -2.44. The zero-order valence-electron chi connectivity index (χ0n) is 20.6. The van der Waals surface area contributed by atoms with Crippen molar-refractivity contribution in [2.75, 3.05) is 0 Å². The maximum absolute atomic E-state index is 14.5. The molecule has 2 aliphatic heterocycles. The molecule has 0 amide bonds. The Labute approximate surface area is 223 Å². The fourth-order valence-corrected chi connectivity index (χ4v) is 6.42. The van der Waals surface area contributed by atoms with Crippen molar-refractivity contribution in [3.8, 4) is 0 Å². The molecule has 3 aromatic carbocycles. The molecule has 3 aromatic rings. The molecule has 3 atom stereocenters. The minimum absolute atomic E-state index is 0.283. The van der Waals surface area contributed by atoms with E-state index in [-0.39, 0.29) is 11.6 Å². The SMILES string of the molecule is CC(C)(C)OC(=O)[C@@H]1[C@H](c2ccc(Br)cc2)C2(C(=O)c3ccccc3C2=O)[C@@H]2c3ccccc3C=NN12. The molecule has 3 aliphatic rings. The number of nitrogens with zero attached hydrogens (tertiary/aromatic N) is 2. The third kappa shape index (κ3) is 3.37. The summed E-state index contributed by atoms with van der Waals surface area (Å²) in [6.45, 7) is 5.41. The van der Waals surface area contributed by atoms with Crippen molar-refractivity contribution < 1.29 is 19.1 Å². The molecule has 1 aliphatic carbocycles. The van der Waals surface area contributed by atoms with E-state index < -0.39 is 35.0 Å². The molecule has 7 heteroatoms. The maximum atomic E-state index is 14.5. The zero-order valence-corrected chi connectivity index (χ0v) is 22.2. The van der Waals surface area contributed by atoms with Gasteiger partial charge in [-0.2, -0.15) is 5.10 Å². The number of Topliss-reactive ketones (excluding diaryl/α,β-unsaturated/α-hetero) is 2. The molecular weight excluding hydrogens is 532 g/mol. The van der Waals surface area contributed by atoms with Gasteiger partial charge in [0.2, 0.25) is 0 Å². The number of benzene rings is 3. The molecule has 6 rings (SSSR count). The van der Waals surface area contributed by atoms with E-state index in [4.69, 9.17) is 9.84 Å². The van der Waals surface area contributed by atoms with E-state index >= 15 is 0 Å². The fraction of sp³-hybridized carbons (Fsp3) is 0.267. The number of hydrazone groups is 1. The van der Waals surface area contributed by atoms with E-state index in [2.05, 4.69) is 15.9 Å². The van der Waals surface area contributed by atoms with Gasteiger partial charge in [-0.3, -0.25) is 14.6 Å². The molecule has 2 heterocycles. The van der Waals surface area contributed by atoms with Crippen LogP contribution in [0.1, 0.15) is 70.1 Å². The van der Waals surface area contributed by atoms with Gasteiger partial charge in [-0.25, -0.2) is 4.79 Å². The van der Waals surface area contributed by atoms with Crippen LogP contribution in [0.25, 0.3) is 0 Å². The Morgan fingerprint density at radius 2 is 1.51 bits per heavy atom. The van der Waals surface area contributed by atoms with Crippen molar-refractivity contribution in [2.24, 2.45) is 10.5 Å². The Morgan fingerprint density at radius 1 is 0.919 bits per heavy atom. The highest BCUT2D eigenvalue weighted by Crippen LogP contribution is 2.64. The predicted octanol–water partition coefficient (Wildman–Crippen LogP) is 5.71. The molecule has 0 aromatic heterocycles. The highest BCUT2D eigenvalue weighted by atomic mass is 79.9. The average Bonchev–Trinajstić information content (AvgIpc) is 3.30. The predicted molar refractivity (Wildman–Crippen MR) is 143 cm³/mol. The number of carbonyl (C=O) groups is 3. The van der Waals surface area contributed by atoms with Crippen LogP contribution < -0.4 is 0 Å². The summed E-state index contributed by atoms with van der Waals surface area (Å²) < 4.78 is 6.75. The molecule has 186 valence electrons. The van der Waals surface area contributed by atoms with Gasteiger partial charge in [0.15, 0.2) is 17.6 Å². The summed E-state index contributed by atoms with van der Waals surface area (Å²) in [5.41, 5.74) is 0.719. The monoisotopic (exact) mass is 556 g/mol. The Morgan fingerprint density at radius 3 is 2.14 bits per heavy atom. The second-order valence-corrected chi connectivity index (χ2v) is 11.7. The summed E-state index contributed by atoms with van der Waals surface area (Å²) in [7, 11) is 0. The number of fused-ring (bicyclic) bond motifs is 5. The van der Waals surface area contributed by atoms with E-state index in [9.17, 15) is 14.4 Å². The van der Waals surface area contributed by atoms with Crippen LogP contribution >= 0.6 is 15.9 Å². The minimum atomic E-state index is -1.59. The molecule has 37 heavy (non-hydrogen) atoms. The number of hydrogen-bond donors (Lipinski definition) is 0.